The van der Waals surface area contributed by atoms with Gasteiger partial charge >= 0.3 is 0 Å². The van der Waals surface area contributed by atoms with Crippen molar-refractivity contribution in [2.24, 2.45) is 11.8 Å². The summed E-state index contributed by atoms with van der Waals surface area (Å²) in [5.74, 6) is 1.85. The van der Waals surface area contributed by atoms with Gasteiger partial charge in [-0.15, -0.1) is 0 Å². The van der Waals surface area contributed by atoms with Gasteiger partial charge in [-0.25, -0.2) is 0 Å². The van der Waals surface area contributed by atoms with E-state index in [2.05, 4.69) is 12.2 Å². The number of hydrogen-bond acceptors (Lipinski definition) is 2. The molecular formula is C12H23NO. The van der Waals surface area contributed by atoms with Crippen LogP contribution in [0.15, 0.2) is 0 Å². The fraction of sp³-hybridized carbons (Fsp3) is 1.00. The minimum absolute atomic E-state index is 0.643. The summed E-state index contributed by atoms with van der Waals surface area (Å²) in [4.78, 5) is 0. The summed E-state index contributed by atoms with van der Waals surface area (Å²) in [5, 5.41) is 3.66. The van der Waals surface area contributed by atoms with Crippen LogP contribution in [0.5, 0.6) is 0 Å². The average molecular weight is 197 g/mol. The molecule has 1 aliphatic carbocycles. The molecule has 2 nitrogen and oxygen atoms in total. The molecule has 1 heterocycles. The van der Waals surface area contributed by atoms with Gasteiger partial charge in [0.25, 0.3) is 0 Å². The van der Waals surface area contributed by atoms with E-state index in [0.717, 1.165) is 25.0 Å². The van der Waals surface area contributed by atoms with Crippen LogP contribution in [0.1, 0.15) is 39.0 Å². The highest BCUT2D eigenvalue weighted by molar-refractivity contribution is 4.78. The van der Waals surface area contributed by atoms with Crippen LogP contribution in [-0.4, -0.2) is 25.8 Å². The molecule has 0 aromatic carbocycles. The second-order valence-corrected chi connectivity index (χ2v) is 4.99. The van der Waals surface area contributed by atoms with Crippen molar-refractivity contribution < 1.29 is 4.74 Å². The van der Waals surface area contributed by atoms with Crippen LogP contribution in [0.2, 0.25) is 0 Å². The summed E-state index contributed by atoms with van der Waals surface area (Å²) in [6.45, 7) is 5.52. The summed E-state index contributed by atoms with van der Waals surface area (Å²) in [6.07, 6.45) is 6.97. The van der Waals surface area contributed by atoms with E-state index in [4.69, 9.17) is 4.74 Å². The average Bonchev–Trinajstić information content (AvgIpc) is 2.69. The summed E-state index contributed by atoms with van der Waals surface area (Å²) in [7, 11) is 0. The Kier molecular flexibility index (Phi) is 3.82. The highest BCUT2D eigenvalue weighted by Crippen LogP contribution is 2.29. The first-order chi connectivity index (χ1) is 6.86. The molecule has 3 unspecified atom stereocenters. The van der Waals surface area contributed by atoms with Crippen molar-refractivity contribution in [3.05, 3.63) is 0 Å². The number of hydrogen-bond donors (Lipinski definition) is 1. The summed E-state index contributed by atoms with van der Waals surface area (Å²) in [5.41, 5.74) is 0. The summed E-state index contributed by atoms with van der Waals surface area (Å²) < 4.78 is 5.36. The minimum atomic E-state index is 0.643. The number of ether oxygens (including phenoxy) is 1. The number of rotatable bonds is 3. The topological polar surface area (TPSA) is 21.3 Å². The van der Waals surface area contributed by atoms with Gasteiger partial charge in [0.2, 0.25) is 0 Å². The predicted octanol–water partition coefficient (Wildman–Crippen LogP) is 2.19. The lowest BCUT2D eigenvalue weighted by atomic mass is 9.80. The molecule has 14 heavy (non-hydrogen) atoms. The summed E-state index contributed by atoms with van der Waals surface area (Å²) >= 11 is 0. The Balaban J connectivity index is 1.67. The van der Waals surface area contributed by atoms with Gasteiger partial charge < -0.3 is 10.1 Å². The summed E-state index contributed by atoms with van der Waals surface area (Å²) in [6, 6.07) is 0.643. The molecule has 1 saturated carbocycles. The first kappa shape index (κ1) is 10.4. The second kappa shape index (κ2) is 5.13. The Labute approximate surface area is 87.4 Å². The smallest absolute Gasteiger partial charge is 0.0620 e. The Morgan fingerprint density at radius 1 is 1.21 bits per heavy atom. The molecule has 1 aliphatic heterocycles. The Hall–Kier alpha value is -0.0800. The fourth-order valence-electron chi connectivity index (χ4n) is 2.71. The van der Waals surface area contributed by atoms with Crippen molar-refractivity contribution in [2.75, 3.05) is 19.8 Å². The van der Waals surface area contributed by atoms with Gasteiger partial charge in [-0.1, -0.05) is 26.2 Å². The van der Waals surface area contributed by atoms with Crippen LogP contribution >= 0.6 is 0 Å². The molecular weight excluding hydrogens is 174 g/mol. The van der Waals surface area contributed by atoms with E-state index in [1.807, 2.05) is 0 Å². The Bertz CT molecular complexity index is 166. The van der Waals surface area contributed by atoms with E-state index in [0.29, 0.717) is 6.04 Å². The standard InChI is InChI=1S/C12H23NO/c1-10-4-2-3-5-11(10)8-13-12-6-7-14-9-12/h10-13H,2-9H2,1H3. The van der Waals surface area contributed by atoms with Crippen LogP contribution in [0, 0.1) is 11.8 Å². The minimum Gasteiger partial charge on any atom is -0.380 e. The van der Waals surface area contributed by atoms with E-state index in [-0.39, 0.29) is 0 Å². The van der Waals surface area contributed by atoms with Gasteiger partial charge in [-0.3, -0.25) is 0 Å². The molecule has 1 saturated heterocycles. The van der Waals surface area contributed by atoms with Gasteiger partial charge in [0.1, 0.15) is 0 Å². The highest BCUT2D eigenvalue weighted by Gasteiger charge is 2.23. The lowest BCUT2D eigenvalue weighted by molar-refractivity contribution is 0.185. The van der Waals surface area contributed by atoms with E-state index in [9.17, 15) is 0 Å². The van der Waals surface area contributed by atoms with Crippen molar-refractivity contribution in [1.29, 1.82) is 0 Å². The predicted molar refractivity (Wildman–Crippen MR) is 58.3 cm³/mol. The quantitative estimate of drug-likeness (QED) is 0.749. The van der Waals surface area contributed by atoms with Gasteiger partial charge in [-0.05, 0) is 31.2 Å². The maximum absolute atomic E-state index is 5.36. The van der Waals surface area contributed by atoms with Crippen LogP contribution in [0.4, 0.5) is 0 Å². The zero-order valence-electron chi connectivity index (χ0n) is 9.30. The third-order valence-electron chi connectivity index (χ3n) is 3.89. The van der Waals surface area contributed by atoms with Crippen LogP contribution < -0.4 is 5.32 Å². The molecule has 0 amide bonds. The van der Waals surface area contributed by atoms with E-state index >= 15 is 0 Å². The third kappa shape index (κ3) is 2.71. The Morgan fingerprint density at radius 2 is 2.07 bits per heavy atom. The molecule has 1 N–H and O–H groups in total. The molecule has 2 fully saturated rings. The van der Waals surface area contributed by atoms with Crippen molar-refractivity contribution in [3.8, 4) is 0 Å². The van der Waals surface area contributed by atoms with Crippen molar-refractivity contribution in [2.45, 2.75) is 45.1 Å². The molecule has 2 aliphatic rings. The maximum Gasteiger partial charge on any atom is 0.0620 e. The normalized spacial score (nSPS) is 38.8. The van der Waals surface area contributed by atoms with Gasteiger partial charge in [0, 0.05) is 12.6 Å². The molecule has 2 heteroatoms. The van der Waals surface area contributed by atoms with Crippen molar-refractivity contribution in [1.82, 2.24) is 5.32 Å². The molecule has 0 radical (unpaired) electrons. The zero-order chi connectivity index (χ0) is 9.80. The molecule has 0 aromatic heterocycles. The zero-order valence-corrected chi connectivity index (χ0v) is 9.30. The van der Waals surface area contributed by atoms with Crippen molar-refractivity contribution in [3.63, 3.8) is 0 Å². The SMILES string of the molecule is CC1CCCCC1CNC1CCOC1. The number of nitrogens with one attached hydrogen (secondary N) is 1. The van der Waals surface area contributed by atoms with Gasteiger partial charge in [0.15, 0.2) is 0 Å². The lowest BCUT2D eigenvalue weighted by Crippen LogP contribution is -2.36. The highest BCUT2D eigenvalue weighted by atomic mass is 16.5. The van der Waals surface area contributed by atoms with E-state index in [1.54, 1.807) is 0 Å². The molecule has 2 rings (SSSR count). The largest absolute Gasteiger partial charge is 0.380 e. The third-order valence-corrected chi connectivity index (χ3v) is 3.89. The molecule has 82 valence electrons. The van der Waals surface area contributed by atoms with Crippen LogP contribution in [-0.2, 0) is 4.74 Å². The second-order valence-electron chi connectivity index (χ2n) is 4.99. The first-order valence-electron chi connectivity index (χ1n) is 6.17. The monoisotopic (exact) mass is 197 g/mol. The van der Waals surface area contributed by atoms with Crippen LogP contribution in [0.25, 0.3) is 0 Å². The molecule has 3 atom stereocenters. The molecule has 0 aromatic rings. The lowest BCUT2D eigenvalue weighted by Gasteiger charge is -2.29. The van der Waals surface area contributed by atoms with Gasteiger partial charge in [-0.2, -0.15) is 0 Å². The maximum atomic E-state index is 5.36. The fourth-order valence-corrected chi connectivity index (χ4v) is 2.71. The molecule has 0 spiro atoms. The van der Waals surface area contributed by atoms with Gasteiger partial charge in [0.05, 0.1) is 6.61 Å². The molecule has 0 bridgehead atoms. The van der Waals surface area contributed by atoms with E-state index < -0.39 is 0 Å². The first-order valence-corrected chi connectivity index (χ1v) is 6.17. The van der Waals surface area contributed by atoms with E-state index in [1.165, 1.54) is 38.6 Å². The van der Waals surface area contributed by atoms with Crippen molar-refractivity contribution >= 4 is 0 Å². The van der Waals surface area contributed by atoms with Crippen LogP contribution in [0.3, 0.4) is 0 Å². The Morgan fingerprint density at radius 3 is 2.79 bits per heavy atom.